The van der Waals surface area contributed by atoms with Crippen molar-refractivity contribution in [2.75, 3.05) is 13.2 Å². The van der Waals surface area contributed by atoms with Crippen LogP contribution in [0.3, 0.4) is 0 Å². The Bertz CT molecular complexity index is 175. The maximum atomic E-state index is 5.13. The van der Waals surface area contributed by atoms with Crippen LogP contribution in [0.5, 0.6) is 0 Å². The summed E-state index contributed by atoms with van der Waals surface area (Å²) in [6.07, 6.45) is 1.93. The van der Waals surface area contributed by atoms with Crippen molar-refractivity contribution in [2.45, 2.75) is 12.8 Å². The van der Waals surface area contributed by atoms with Crippen LogP contribution in [0.25, 0.3) is 0 Å². The number of nitrogens with zero attached hydrogens (tertiary/aromatic N) is 2. The normalized spacial score (nSPS) is 21.6. The number of nitrogens with two attached hydrogens (primary N) is 2. The first-order valence-corrected chi connectivity index (χ1v) is 3.51. The number of guanidine groups is 1. The molecule has 0 aromatic rings. The van der Waals surface area contributed by atoms with Gasteiger partial charge in [0.15, 0.2) is 0 Å². The molecule has 1 aliphatic rings. The molecular formula is C6H12N4O. The lowest BCUT2D eigenvalue weighted by Crippen LogP contribution is -2.23. The number of hydrogen-bond donors (Lipinski definition) is 2. The summed E-state index contributed by atoms with van der Waals surface area (Å²) < 4.78 is 5.13. The quantitative estimate of drug-likeness (QED) is 0.303. The molecule has 11 heavy (non-hydrogen) atoms. The minimum atomic E-state index is -0.0110. The van der Waals surface area contributed by atoms with Gasteiger partial charge in [-0.1, -0.05) is 0 Å². The molecule has 0 atom stereocenters. The molecule has 1 fully saturated rings. The third kappa shape index (κ3) is 2.99. The predicted octanol–water partition coefficient (Wildman–Crippen LogP) is -0.574. The second-order valence-corrected chi connectivity index (χ2v) is 2.35. The highest BCUT2D eigenvalue weighted by atomic mass is 16.5. The summed E-state index contributed by atoms with van der Waals surface area (Å²) in [6, 6.07) is 0. The smallest absolute Gasteiger partial charge is 0.211 e. The van der Waals surface area contributed by atoms with Crippen LogP contribution >= 0.6 is 0 Å². The lowest BCUT2D eigenvalue weighted by Gasteiger charge is -2.11. The van der Waals surface area contributed by atoms with Gasteiger partial charge in [-0.05, 0) is 12.8 Å². The van der Waals surface area contributed by atoms with Crippen LogP contribution in [0.4, 0.5) is 0 Å². The van der Waals surface area contributed by atoms with E-state index in [1.54, 1.807) is 0 Å². The van der Waals surface area contributed by atoms with E-state index < -0.39 is 0 Å². The summed E-state index contributed by atoms with van der Waals surface area (Å²) >= 11 is 0. The van der Waals surface area contributed by atoms with E-state index in [9.17, 15) is 0 Å². The molecule has 62 valence electrons. The first-order valence-electron chi connectivity index (χ1n) is 3.51. The first-order chi connectivity index (χ1) is 5.29. The average molecular weight is 156 g/mol. The predicted molar refractivity (Wildman–Crippen MR) is 43.3 cm³/mol. The highest BCUT2D eigenvalue weighted by Crippen LogP contribution is 2.02. The zero-order valence-electron chi connectivity index (χ0n) is 6.29. The van der Waals surface area contributed by atoms with Crippen molar-refractivity contribution < 1.29 is 4.74 Å². The fourth-order valence-electron chi connectivity index (χ4n) is 0.848. The molecule has 4 N–H and O–H groups in total. The standard InChI is InChI=1S/C6H12N4O/c7-6(8)10-9-5-2-1-3-11-4-5/h1-4H2,(H4,7,8,10)/b9-5-. The Morgan fingerprint density at radius 3 is 2.82 bits per heavy atom. The van der Waals surface area contributed by atoms with Crippen molar-refractivity contribution in [3.8, 4) is 0 Å². The molecule has 1 aliphatic heterocycles. The van der Waals surface area contributed by atoms with Crippen molar-refractivity contribution in [3.05, 3.63) is 0 Å². The number of rotatable bonds is 1. The molecule has 0 amide bonds. The van der Waals surface area contributed by atoms with Gasteiger partial charge in [-0.15, -0.1) is 5.10 Å². The van der Waals surface area contributed by atoms with Crippen LogP contribution < -0.4 is 11.5 Å². The number of hydrogen-bond acceptors (Lipinski definition) is 3. The molecule has 1 saturated heterocycles. The van der Waals surface area contributed by atoms with E-state index in [1.807, 2.05) is 0 Å². The summed E-state index contributed by atoms with van der Waals surface area (Å²) in [5.41, 5.74) is 11.1. The molecule has 0 radical (unpaired) electrons. The van der Waals surface area contributed by atoms with Crippen LogP contribution in [0.1, 0.15) is 12.8 Å². The van der Waals surface area contributed by atoms with Crippen molar-refractivity contribution >= 4 is 11.7 Å². The van der Waals surface area contributed by atoms with E-state index in [1.165, 1.54) is 0 Å². The summed E-state index contributed by atoms with van der Waals surface area (Å²) in [5.74, 6) is -0.0110. The Balaban J connectivity index is 2.44. The fourth-order valence-corrected chi connectivity index (χ4v) is 0.848. The van der Waals surface area contributed by atoms with Gasteiger partial charge >= 0.3 is 0 Å². The molecule has 0 aromatic carbocycles. The van der Waals surface area contributed by atoms with Gasteiger partial charge in [0, 0.05) is 6.61 Å². The highest BCUT2D eigenvalue weighted by Gasteiger charge is 2.05. The molecule has 0 spiro atoms. The Morgan fingerprint density at radius 1 is 1.45 bits per heavy atom. The van der Waals surface area contributed by atoms with Crippen molar-refractivity contribution in [1.82, 2.24) is 0 Å². The molecule has 5 nitrogen and oxygen atoms in total. The third-order valence-electron chi connectivity index (χ3n) is 1.33. The summed E-state index contributed by atoms with van der Waals surface area (Å²) in [4.78, 5) is 0. The monoisotopic (exact) mass is 156 g/mol. The maximum absolute atomic E-state index is 5.13. The van der Waals surface area contributed by atoms with Gasteiger partial charge in [-0.3, -0.25) is 0 Å². The largest absolute Gasteiger partial charge is 0.375 e. The van der Waals surface area contributed by atoms with E-state index in [2.05, 4.69) is 10.2 Å². The third-order valence-corrected chi connectivity index (χ3v) is 1.33. The van der Waals surface area contributed by atoms with Gasteiger partial charge in [0.1, 0.15) is 0 Å². The van der Waals surface area contributed by atoms with Crippen LogP contribution in [-0.2, 0) is 4.74 Å². The van der Waals surface area contributed by atoms with Gasteiger partial charge in [0.25, 0.3) is 0 Å². The van der Waals surface area contributed by atoms with E-state index in [-0.39, 0.29) is 5.96 Å². The van der Waals surface area contributed by atoms with Crippen LogP contribution in [0, 0.1) is 0 Å². The minimum Gasteiger partial charge on any atom is -0.375 e. The first kappa shape index (κ1) is 8.00. The lowest BCUT2D eigenvalue weighted by atomic mass is 10.2. The molecule has 0 saturated carbocycles. The van der Waals surface area contributed by atoms with Gasteiger partial charge in [0.2, 0.25) is 5.96 Å². The second-order valence-electron chi connectivity index (χ2n) is 2.35. The van der Waals surface area contributed by atoms with Crippen LogP contribution in [-0.4, -0.2) is 24.9 Å². The lowest BCUT2D eigenvalue weighted by molar-refractivity contribution is 0.154. The van der Waals surface area contributed by atoms with Gasteiger partial charge in [-0.2, -0.15) is 5.10 Å². The topological polar surface area (TPSA) is 86.0 Å². The molecule has 0 aromatic heterocycles. The Hall–Kier alpha value is -1.10. The van der Waals surface area contributed by atoms with E-state index in [4.69, 9.17) is 16.2 Å². The zero-order chi connectivity index (χ0) is 8.10. The second kappa shape index (κ2) is 3.92. The van der Waals surface area contributed by atoms with Crippen molar-refractivity contribution in [1.29, 1.82) is 0 Å². The zero-order valence-corrected chi connectivity index (χ0v) is 6.29. The highest BCUT2D eigenvalue weighted by molar-refractivity contribution is 5.87. The summed E-state index contributed by atoms with van der Waals surface area (Å²) in [6.45, 7) is 1.36. The average Bonchev–Trinajstić information content (AvgIpc) is 2.03. The minimum absolute atomic E-state index is 0.0110. The molecule has 0 bridgehead atoms. The SMILES string of the molecule is NC(N)=N/N=C1/CCCOC1. The van der Waals surface area contributed by atoms with E-state index in [0.29, 0.717) is 6.61 Å². The van der Waals surface area contributed by atoms with Gasteiger partial charge < -0.3 is 16.2 Å². The molecular weight excluding hydrogens is 144 g/mol. The van der Waals surface area contributed by atoms with Crippen molar-refractivity contribution in [2.24, 2.45) is 21.7 Å². The fraction of sp³-hybridized carbons (Fsp3) is 0.667. The van der Waals surface area contributed by atoms with E-state index >= 15 is 0 Å². The van der Waals surface area contributed by atoms with Crippen LogP contribution in [0.2, 0.25) is 0 Å². The van der Waals surface area contributed by atoms with Gasteiger partial charge in [-0.25, -0.2) is 0 Å². The molecule has 0 unspecified atom stereocenters. The Morgan fingerprint density at radius 2 is 2.27 bits per heavy atom. The number of ether oxygens (including phenoxy) is 1. The van der Waals surface area contributed by atoms with E-state index in [0.717, 1.165) is 25.2 Å². The maximum Gasteiger partial charge on any atom is 0.211 e. The van der Waals surface area contributed by atoms with Crippen molar-refractivity contribution in [3.63, 3.8) is 0 Å². The molecule has 0 aliphatic carbocycles. The molecule has 5 heteroatoms. The Labute approximate surface area is 65.1 Å². The molecule has 1 heterocycles. The van der Waals surface area contributed by atoms with Crippen LogP contribution in [0.15, 0.2) is 10.2 Å². The summed E-state index contributed by atoms with van der Waals surface area (Å²) in [7, 11) is 0. The summed E-state index contributed by atoms with van der Waals surface area (Å²) in [5, 5.41) is 7.34. The van der Waals surface area contributed by atoms with Gasteiger partial charge in [0.05, 0.1) is 12.3 Å². The Kier molecular flexibility index (Phi) is 2.85. The molecule has 1 rings (SSSR count).